The number of hydrogen-bond donors (Lipinski definition) is 1. The standard InChI is InChI=1S/C26H25N3O/c30-26(24(20-8-3-1-4-9-20)21-10-5-2-6-11-21)29-16-13-19(14-17-29)22-18-28-23-12-7-15-27-25(22)23/h1-12,15,18-19,24,28H,13-14,16-17H2. The van der Waals surface area contributed by atoms with Crippen molar-refractivity contribution in [3.05, 3.63) is 102 Å². The number of carbonyl (C=O) groups excluding carboxylic acids is 1. The second-order valence-electron chi connectivity index (χ2n) is 8.00. The number of rotatable bonds is 4. The SMILES string of the molecule is O=C(C(c1ccccc1)c1ccccc1)N1CCC(c2c[nH]c3cccnc23)CC1. The maximum Gasteiger partial charge on any atom is 0.234 e. The molecule has 4 heteroatoms. The highest BCUT2D eigenvalue weighted by molar-refractivity contribution is 5.87. The van der Waals surface area contributed by atoms with E-state index in [4.69, 9.17) is 0 Å². The fourth-order valence-corrected chi connectivity index (χ4v) is 4.65. The van der Waals surface area contributed by atoms with Crippen LogP contribution in [0.4, 0.5) is 0 Å². The molecule has 1 fully saturated rings. The molecule has 1 aliphatic rings. The van der Waals surface area contributed by atoms with Crippen LogP contribution < -0.4 is 0 Å². The summed E-state index contributed by atoms with van der Waals surface area (Å²) >= 11 is 0. The Bertz CT molecular complexity index is 1090. The van der Waals surface area contributed by atoms with Crippen molar-refractivity contribution in [1.29, 1.82) is 0 Å². The molecule has 1 N–H and O–H groups in total. The molecule has 2 aromatic heterocycles. The van der Waals surface area contributed by atoms with E-state index < -0.39 is 0 Å². The second-order valence-corrected chi connectivity index (χ2v) is 8.00. The van der Waals surface area contributed by atoms with Crippen LogP contribution in [0, 0.1) is 0 Å². The maximum atomic E-state index is 13.6. The van der Waals surface area contributed by atoms with E-state index in [2.05, 4.69) is 46.5 Å². The highest BCUT2D eigenvalue weighted by atomic mass is 16.2. The first-order chi connectivity index (χ1) is 14.8. The lowest BCUT2D eigenvalue weighted by Gasteiger charge is -2.34. The van der Waals surface area contributed by atoms with Crippen LogP contribution in [0.25, 0.3) is 11.0 Å². The molecule has 2 aromatic carbocycles. The summed E-state index contributed by atoms with van der Waals surface area (Å²) in [7, 11) is 0. The molecule has 4 aromatic rings. The number of likely N-dealkylation sites (tertiary alicyclic amines) is 1. The van der Waals surface area contributed by atoms with Gasteiger partial charge in [0.25, 0.3) is 0 Å². The first kappa shape index (κ1) is 18.6. The van der Waals surface area contributed by atoms with Crippen molar-refractivity contribution in [2.75, 3.05) is 13.1 Å². The van der Waals surface area contributed by atoms with Crippen LogP contribution in [0.5, 0.6) is 0 Å². The Hall–Kier alpha value is -3.40. The molecule has 0 spiro atoms. The number of H-pyrrole nitrogens is 1. The van der Waals surface area contributed by atoms with Gasteiger partial charge in [-0.15, -0.1) is 0 Å². The topological polar surface area (TPSA) is 49.0 Å². The summed E-state index contributed by atoms with van der Waals surface area (Å²) in [6, 6.07) is 24.3. The van der Waals surface area contributed by atoms with Crippen LogP contribution >= 0.6 is 0 Å². The number of nitrogens with one attached hydrogen (secondary N) is 1. The molecule has 30 heavy (non-hydrogen) atoms. The Labute approximate surface area is 176 Å². The zero-order valence-electron chi connectivity index (χ0n) is 16.9. The van der Waals surface area contributed by atoms with Crippen molar-refractivity contribution in [2.45, 2.75) is 24.7 Å². The van der Waals surface area contributed by atoms with E-state index in [0.717, 1.165) is 48.1 Å². The van der Waals surface area contributed by atoms with Crippen LogP contribution in [0.3, 0.4) is 0 Å². The van der Waals surface area contributed by atoms with Gasteiger partial charge in [-0.05, 0) is 47.6 Å². The van der Waals surface area contributed by atoms with Crippen molar-refractivity contribution in [3.63, 3.8) is 0 Å². The van der Waals surface area contributed by atoms with E-state index in [0.29, 0.717) is 5.92 Å². The third kappa shape index (κ3) is 3.50. The van der Waals surface area contributed by atoms with E-state index in [1.807, 2.05) is 53.6 Å². The van der Waals surface area contributed by atoms with Gasteiger partial charge >= 0.3 is 0 Å². The molecule has 0 unspecified atom stereocenters. The number of fused-ring (bicyclic) bond motifs is 1. The Morgan fingerprint density at radius 2 is 1.53 bits per heavy atom. The number of aromatic nitrogens is 2. The molecule has 0 aliphatic carbocycles. The number of nitrogens with zero attached hydrogens (tertiary/aromatic N) is 2. The van der Waals surface area contributed by atoms with Crippen molar-refractivity contribution in [1.82, 2.24) is 14.9 Å². The lowest BCUT2D eigenvalue weighted by molar-refractivity contribution is -0.132. The lowest BCUT2D eigenvalue weighted by atomic mass is 9.87. The summed E-state index contributed by atoms with van der Waals surface area (Å²) in [6.45, 7) is 1.55. The molecule has 3 heterocycles. The number of carbonyl (C=O) groups is 1. The van der Waals surface area contributed by atoms with Crippen molar-refractivity contribution in [2.24, 2.45) is 0 Å². The number of piperidine rings is 1. The van der Waals surface area contributed by atoms with Crippen LogP contribution in [0.15, 0.2) is 85.2 Å². The summed E-state index contributed by atoms with van der Waals surface area (Å²) in [5.41, 5.74) is 5.53. The van der Waals surface area contributed by atoms with Gasteiger partial charge in [-0.3, -0.25) is 9.78 Å². The van der Waals surface area contributed by atoms with Crippen LogP contribution in [0.1, 0.15) is 41.4 Å². The fourth-order valence-electron chi connectivity index (χ4n) is 4.65. The van der Waals surface area contributed by atoms with Crippen molar-refractivity contribution < 1.29 is 4.79 Å². The third-order valence-electron chi connectivity index (χ3n) is 6.22. The van der Waals surface area contributed by atoms with Gasteiger partial charge in [0.05, 0.1) is 17.0 Å². The average Bonchev–Trinajstić information content (AvgIpc) is 3.25. The van der Waals surface area contributed by atoms with E-state index in [9.17, 15) is 4.79 Å². The third-order valence-corrected chi connectivity index (χ3v) is 6.22. The van der Waals surface area contributed by atoms with Gasteiger partial charge in [0, 0.05) is 25.5 Å². The van der Waals surface area contributed by atoms with Gasteiger partial charge in [-0.25, -0.2) is 0 Å². The summed E-state index contributed by atoms with van der Waals surface area (Å²) in [4.78, 5) is 23.6. The van der Waals surface area contributed by atoms with Gasteiger partial charge < -0.3 is 9.88 Å². The normalized spacial score (nSPS) is 15.0. The van der Waals surface area contributed by atoms with Gasteiger partial charge in [0.1, 0.15) is 0 Å². The van der Waals surface area contributed by atoms with E-state index in [-0.39, 0.29) is 11.8 Å². The van der Waals surface area contributed by atoms with Crippen LogP contribution in [-0.4, -0.2) is 33.9 Å². The number of amides is 1. The smallest absolute Gasteiger partial charge is 0.234 e. The number of pyridine rings is 1. The Kier molecular flexibility index (Phi) is 5.06. The molecular weight excluding hydrogens is 370 g/mol. The molecule has 150 valence electrons. The largest absolute Gasteiger partial charge is 0.360 e. The van der Waals surface area contributed by atoms with Gasteiger partial charge in [-0.2, -0.15) is 0 Å². The number of hydrogen-bond acceptors (Lipinski definition) is 2. The molecule has 0 atom stereocenters. The van der Waals surface area contributed by atoms with Gasteiger partial charge in [0.2, 0.25) is 5.91 Å². The van der Waals surface area contributed by atoms with Gasteiger partial charge in [-0.1, -0.05) is 60.7 Å². The summed E-state index contributed by atoms with van der Waals surface area (Å²) in [6.07, 6.45) is 5.87. The molecule has 5 rings (SSSR count). The molecule has 0 radical (unpaired) electrons. The second kappa shape index (κ2) is 8.15. The van der Waals surface area contributed by atoms with Crippen molar-refractivity contribution in [3.8, 4) is 0 Å². The summed E-state index contributed by atoms with van der Waals surface area (Å²) < 4.78 is 0. The zero-order valence-corrected chi connectivity index (χ0v) is 16.9. The summed E-state index contributed by atoms with van der Waals surface area (Å²) in [5, 5.41) is 0. The minimum Gasteiger partial charge on any atom is -0.360 e. The average molecular weight is 396 g/mol. The monoisotopic (exact) mass is 395 g/mol. The lowest BCUT2D eigenvalue weighted by Crippen LogP contribution is -2.41. The molecule has 1 aliphatic heterocycles. The molecule has 0 saturated carbocycles. The highest BCUT2D eigenvalue weighted by Gasteiger charge is 2.31. The quantitative estimate of drug-likeness (QED) is 0.523. The predicted molar refractivity (Wildman–Crippen MR) is 119 cm³/mol. The molecule has 1 amide bonds. The van der Waals surface area contributed by atoms with E-state index >= 15 is 0 Å². The highest BCUT2D eigenvalue weighted by Crippen LogP contribution is 2.34. The molecule has 0 bridgehead atoms. The molecule has 1 saturated heterocycles. The Morgan fingerprint density at radius 1 is 0.900 bits per heavy atom. The van der Waals surface area contributed by atoms with Crippen LogP contribution in [0.2, 0.25) is 0 Å². The summed E-state index contributed by atoms with van der Waals surface area (Å²) in [5.74, 6) is 0.381. The zero-order chi connectivity index (χ0) is 20.3. The van der Waals surface area contributed by atoms with Crippen LogP contribution in [-0.2, 0) is 4.79 Å². The van der Waals surface area contributed by atoms with Gasteiger partial charge in [0.15, 0.2) is 0 Å². The first-order valence-electron chi connectivity index (χ1n) is 10.6. The van der Waals surface area contributed by atoms with E-state index in [1.54, 1.807) is 0 Å². The molecular formula is C26H25N3O. The van der Waals surface area contributed by atoms with Crippen molar-refractivity contribution >= 4 is 16.9 Å². The fraction of sp³-hybridized carbons (Fsp3) is 0.231. The first-order valence-corrected chi connectivity index (χ1v) is 10.6. The number of benzene rings is 2. The van der Waals surface area contributed by atoms with E-state index in [1.165, 1.54) is 5.56 Å². The maximum absolute atomic E-state index is 13.6. The Morgan fingerprint density at radius 3 is 2.17 bits per heavy atom. The Balaban J connectivity index is 1.36. The molecule has 4 nitrogen and oxygen atoms in total. The number of aromatic amines is 1. The minimum absolute atomic E-state index is 0.197. The minimum atomic E-state index is -0.251. The predicted octanol–water partition coefficient (Wildman–Crippen LogP) is 5.10.